The molecule has 0 saturated heterocycles. The zero-order valence-electron chi connectivity index (χ0n) is 12.6. The van der Waals surface area contributed by atoms with Gasteiger partial charge in [-0.1, -0.05) is 35.6 Å². The summed E-state index contributed by atoms with van der Waals surface area (Å²) in [6.07, 6.45) is 0. The van der Waals surface area contributed by atoms with Crippen LogP contribution in [0.1, 0.15) is 15.9 Å². The lowest BCUT2D eigenvalue weighted by molar-refractivity contribution is 0.0958. The molecule has 22 heavy (non-hydrogen) atoms. The maximum atomic E-state index is 11.9. The van der Waals surface area contributed by atoms with Gasteiger partial charge in [0.1, 0.15) is 0 Å². The summed E-state index contributed by atoms with van der Waals surface area (Å²) in [7, 11) is 3.95. The first-order valence-corrected chi connectivity index (χ1v) is 7.24. The van der Waals surface area contributed by atoms with Crippen LogP contribution in [-0.2, 0) is 0 Å². The van der Waals surface area contributed by atoms with Crippen molar-refractivity contribution in [2.24, 2.45) is 0 Å². The van der Waals surface area contributed by atoms with Crippen molar-refractivity contribution in [3.05, 3.63) is 64.7 Å². The van der Waals surface area contributed by atoms with E-state index in [1.54, 1.807) is 24.3 Å². The third kappa shape index (κ3) is 4.28. The molecule has 2 aromatic rings. The summed E-state index contributed by atoms with van der Waals surface area (Å²) in [5.74, 6) is 5.90. The van der Waals surface area contributed by atoms with E-state index >= 15 is 0 Å². The van der Waals surface area contributed by atoms with Crippen LogP contribution in [0.25, 0.3) is 0 Å². The van der Waals surface area contributed by atoms with Crippen molar-refractivity contribution < 1.29 is 4.79 Å². The number of amides is 1. The summed E-state index contributed by atoms with van der Waals surface area (Å²) >= 11 is 5.79. The van der Waals surface area contributed by atoms with Crippen LogP contribution in [0.3, 0.4) is 0 Å². The summed E-state index contributed by atoms with van der Waals surface area (Å²) in [5.41, 5.74) is 2.56. The summed E-state index contributed by atoms with van der Waals surface area (Å²) in [5, 5.41) is 3.38. The van der Waals surface area contributed by atoms with E-state index in [1.165, 1.54) is 0 Å². The fraction of sp³-hybridized carbons (Fsp3) is 0.167. The molecule has 4 heteroatoms. The van der Waals surface area contributed by atoms with Gasteiger partial charge in [-0.05, 0) is 36.4 Å². The SMILES string of the molecule is CN(C)c1ccccc1C#CCNC(=O)c1ccc(Cl)cc1. The first-order chi connectivity index (χ1) is 10.6. The highest BCUT2D eigenvalue weighted by molar-refractivity contribution is 6.30. The van der Waals surface area contributed by atoms with Crippen LogP contribution in [0.2, 0.25) is 5.02 Å². The van der Waals surface area contributed by atoms with Gasteiger partial charge in [-0.2, -0.15) is 0 Å². The standard InChI is InChI=1S/C18H17ClN2O/c1-21(2)17-8-4-3-6-14(17)7-5-13-20-18(22)15-9-11-16(19)12-10-15/h3-4,6,8-12H,13H2,1-2H3,(H,20,22). The molecular weight excluding hydrogens is 296 g/mol. The summed E-state index contributed by atoms with van der Waals surface area (Å²) in [4.78, 5) is 13.9. The number of nitrogens with one attached hydrogen (secondary N) is 1. The van der Waals surface area contributed by atoms with Crippen molar-refractivity contribution >= 4 is 23.2 Å². The molecule has 0 aliphatic heterocycles. The first kappa shape index (κ1) is 15.9. The molecule has 0 radical (unpaired) electrons. The molecule has 0 spiro atoms. The smallest absolute Gasteiger partial charge is 0.252 e. The average Bonchev–Trinajstić information content (AvgIpc) is 2.52. The highest BCUT2D eigenvalue weighted by Gasteiger charge is 2.03. The topological polar surface area (TPSA) is 32.3 Å². The van der Waals surface area contributed by atoms with E-state index in [1.807, 2.05) is 43.3 Å². The monoisotopic (exact) mass is 312 g/mol. The number of nitrogens with zero attached hydrogens (tertiary/aromatic N) is 1. The molecule has 0 aromatic heterocycles. The maximum absolute atomic E-state index is 11.9. The molecule has 0 fully saturated rings. The highest BCUT2D eigenvalue weighted by Crippen LogP contribution is 2.16. The van der Waals surface area contributed by atoms with Crippen molar-refractivity contribution in [2.45, 2.75) is 0 Å². The summed E-state index contributed by atoms with van der Waals surface area (Å²) in [6, 6.07) is 14.6. The summed E-state index contributed by atoms with van der Waals surface area (Å²) < 4.78 is 0. The van der Waals surface area contributed by atoms with Crippen LogP contribution in [0.4, 0.5) is 5.69 Å². The van der Waals surface area contributed by atoms with Crippen LogP contribution in [0.5, 0.6) is 0 Å². The van der Waals surface area contributed by atoms with Gasteiger partial charge in [0.25, 0.3) is 5.91 Å². The molecule has 0 aliphatic carbocycles. The number of anilines is 1. The van der Waals surface area contributed by atoms with Gasteiger partial charge >= 0.3 is 0 Å². The number of para-hydroxylation sites is 1. The van der Waals surface area contributed by atoms with Crippen LogP contribution < -0.4 is 10.2 Å². The number of carbonyl (C=O) groups is 1. The lowest BCUT2D eigenvalue weighted by Gasteiger charge is -2.13. The third-order valence-corrected chi connectivity index (χ3v) is 3.30. The van der Waals surface area contributed by atoms with Crippen molar-refractivity contribution in [3.8, 4) is 11.8 Å². The van der Waals surface area contributed by atoms with Gasteiger partial charge in [-0.25, -0.2) is 0 Å². The highest BCUT2D eigenvalue weighted by atomic mass is 35.5. The number of benzene rings is 2. The Bertz CT molecular complexity index is 712. The van der Waals surface area contributed by atoms with Crippen LogP contribution in [-0.4, -0.2) is 26.5 Å². The van der Waals surface area contributed by atoms with E-state index < -0.39 is 0 Å². The van der Waals surface area contributed by atoms with E-state index in [0.717, 1.165) is 11.3 Å². The Labute approximate surface area is 135 Å². The average molecular weight is 313 g/mol. The Hall–Kier alpha value is -2.44. The van der Waals surface area contributed by atoms with Crippen molar-refractivity contribution in [3.63, 3.8) is 0 Å². The molecule has 0 unspecified atom stereocenters. The predicted molar refractivity (Wildman–Crippen MR) is 91.4 cm³/mol. The van der Waals surface area contributed by atoms with Gasteiger partial charge in [-0.15, -0.1) is 0 Å². The van der Waals surface area contributed by atoms with E-state index in [-0.39, 0.29) is 5.91 Å². The first-order valence-electron chi connectivity index (χ1n) is 6.87. The Balaban J connectivity index is 1.97. The number of hydrogen-bond donors (Lipinski definition) is 1. The molecule has 2 rings (SSSR count). The molecule has 0 atom stereocenters. The van der Waals surface area contributed by atoms with Crippen molar-refractivity contribution in [1.29, 1.82) is 0 Å². The second-order valence-corrected chi connectivity index (χ2v) is 5.34. The van der Waals surface area contributed by atoms with Gasteiger partial charge in [-0.3, -0.25) is 4.79 Å². The molecule has 2 aromatic carbocycles. The second kappa shape index (κ2) is 7.53. The molecular formula is C18H17ClN2O. The lowest BCUT2D eigenvalue weighted by Crippen LogP contribution is -2.23. The van der Waals surface area contributed by atoms with Crippen LogP contribution >= 0.6 is 11.6 Å². The normalized spacial score (nSPS) is 9.59. The molecule has 0 saturated carbocycles. The minimum Gasteiger partial charge on any atom is -0.377 e. The predicted octanol–water partition coefficient (Wildman–Crippen LogP) is 3.19. The second-order valence-electron chi connectivity index (χ2n) is 4.90. The molecule has 0 bridgehead atoms. The number of carbonyl (C=O) groups excluding carboxylic acids is 1. The molecule has 1 N–H and O–H groups in total. The Morgan fingerprint density at radius 2 is 1.82 bits per heavy atom. The van der Waals surface area contributed by atoms with Crippen molar-refractivity contribution in [2.75, 3.05) is 25.5 Å². The maximum Gasteiger partial charge on any atom is 0.252 e. The molecule has 112 valence electrons. The van der Waals surface area contributed by atoms with Crippen molar-refractivity contribution in [1.82, 2.24) is 5.32 Å². The Morgan fingerprint density at radius 1 is 1.14 bits per heavy atom. The third-order valence-electron chi connectivity index (χ3n) is 3.05. The number of rotatable bonds is 3. The molecule has 0 aliphatic rings. The minimum atomic E-state index is -0.160. The van der Waals surface area contributed by atoms with E-state index in [0.29, 0.717) is 17.1 Å². The van der Waals surface area contributed by atoms with Crippen LogP contribution in [0.15, 0.2) is 48.5 Å². The summed E-state index contributed by atoms with van der Waals surface area (Å²) in [6.45, 7) is 0.295. The largest absolute Gasteiger partial charge is 0.377 e. The Morgan fingerprint density at radius 3 is 2.50 bits per heavy atom. The molecule has 0 heterocycles. The minimum absolute atomic E-state index is 0.160. The van der Waals surface area contributed by atoms with Gasteiger partial charge in [0.05, 0.1) is 12.2 Å². The zero-order chi connectivity index (χ0) is 15.9. The lowest BCUT2D eigenvalue weighted by atomic mass is 10.1. The number of halogens is 1. The van der Waals surface area contributed by atoms with Gasteiger partial charge < -0.3 is 10.2 Å². The fourth-order valence-corrected chi connectivity index (χ4v) is 2.06. The van der Waals surface area contributed by atoms with E-state index in [4.69, 9.17) is 11.6 Å². The zero-order valence-corrected chi connectivity index (χ0v) is 13.3. The van der Waals surface area contributed by atoms with Gasteiger partial charge in [0, 0.05) is 30.2 Å². The van der Waals surface area contributed by atoms with Gasteiger partial charge in [0.2, 0.25) is 0 Å². The fourth-order valence-electron chi connectivity index (χ4n) is 1.94. The number of hydrogen-bond acceptors (Lipinski definition) is 2. The van der Waals surface area contributed by atoms with E-state index in [9.17, 15) is 4.79 Å². The quantitative estimate of drug-likeness (QED) is 0.883. The van der Waals surface area contributed by atoms with Crippen LogP contribution in [0, 0.1) is 11.8 Å². The van der Waals surface area contributed by atoms with Gasteiger partial charge in [0.15, 0.2) is 0 Å². The molecule has 3 nitrogen and oxygen atoms in total. The molecule has 1 amide bonds. The van der Waals surface area contributed by atoms with E-state index in [2.05, 4.69) is 17.2 Å². The Kier molecular flexibility index (Phi) is 5.46.